The molecule has 2 aromatic carbocycles. The standard InChI is InChI=1S/C19H22NO4PS/c1-2-3-4-5-6-13-7-8-16-14(11-13)12-15-17(21)9-10-18(19(15)20-16)24-25(22,23)26/h7-12,21H,2-6H2,1H3,(H2,22,23,26). The van der Waals surface area contributed by atoms with E-state index in [1.807, 2.05) is 12.1 Å². The van der Waals surface area contributed by atoms with Crippen LogP contribution in [0.15, 0.2) is 36.4 Å². The zero-order valence-electron chi connectivity index (χ0n) is 14.6. The summed E-state index contributed by atoms with van der Waals surface area (Å²) in [7, 11) is 0. The third-order valence-electron chi connectivity index (χ3n) is 4.32. The van der Waals surface area contributed by atoms with Crippen LogP contribution in [0.1, 0.15) is 38.2 Å². The van der Waals surface area contributed by atoms with Gasteiger partial charge in [0.15, 0.2) is 5.75 Å². The van der Waals surface area contributed by atoms with Gasteiger partial charge >= 0.3 is 6.72 Å². The van der Waals surface area contributed by atoms with E-state index in [4.69, 9.17) is 4.52 Å². The van der Waals surface area contributed by atoms with Gasteiger partial charge in [-0.3, -0.25) is 0 Å². The van der Waals surface area contributed by atoms with Gasteiger partial charge in [0, 0.05) is 22.6 Å². The molecule has 3 N–H and O–H groups in total. The average molecular weight is 391 g/mol. The van der Waals surface area contributed by atoms with Gasteiger partial charge in [-0.25, -0.2) is 4.98 Å². The monoisotopic (exact) mass is 391 g/mol. The number of phenols is 1. The van der Waals surface area contributed by atoms with Crippen LogP contribution >= 0.6 is 6.72 Å². The molecule has 1 heterocycles. The van der Waals surface area contributed by atoms with Gasteiger partial charge in [-0.05, 0) is 48.7 Å². The molecule has 0 spiro atoms. The predicted molar refractivity (Wildman–Crippen MR) is 108 cm³/mol. The highest BCUT2D eigenvalue weighted by molar-refractivity contribution is 8.06. The van der Waals surface area contributed by atoms with Gasteiger partial charge < -0.3 is 19.4 Å². The summed E-state index contributed by atoms with van der Waals surface area (Å²) in [5.74, 6) is 0.205. The molecular formula is C19H22NO4PS. The Labute approximate surface area is 157 Å². The van der Waals surface area contributed by atoms with E-state index in [1.165, 1.54) is 37.0 Å². The Morgan fingerprint density at radius 3 is 2.62 bits per heavy atom. The fourth-order valence-corrected chi connectivity index (χ4v) is 3.69. The van der Waals surface area contributed by atoms with Gasteiger partial charge in [0.1, 0.15) is 11.3 Å². The van der Waals surface area contributed by atoms with Crippen molar-refractivity contribution in [2.24, 2.45) is 0 Å². The Hall–Kier alpha value is -1.72. The third-order valence-corrected chi connectivity index (χ3v) is 4.98. The molecule has 3 aromatic rings. The van der Waals surface area contributed by atoms with E-state index in [9.17, 15) is 14.9 Å². The molecule has 0 radical (unpaired) electrons. The van der Waals surface area contributed by atoms with Gasteiger partial charge in [-0.15, -0.1) is 0 Å². The highest BCUT2D eigenvalue weighted by atomic mass is 32.5. The number of phenolic OH excluding ortho intramolecular Hbond substituents is 1. The lowest BCUT2D eigenvalue weighted by Gasteiger charge is -2.13. The summed E-state index contributed by atoms with van der Waals surface area (Å²) < 4.78 is 5.08. The number of benzene rings is 2. The van der Waals surface area contributed by atoms with Crippen LogP contribution in [-0.4, -0.2) is 19.9 Å². The number of hydrogen-bond acceptors (Lipinski definition) is 4. The highest BCUT2D eigenvalue weighted by Crippen LogP contribution is 2.42. The number of nitrogens with zero attached hydrogens (tertiary/aromatic N) is 1. The minimum atomic E-state index is -3.88. The maximum atomic E-state index is 10.2. The molecule has 0 bridgehead atoms. The number of pyridine rings is 1. The minimum Gasteiger partial charge on any atom is -0.507 e. The molecule has 0 unspecified atom stereocenters. The molecule has 0 aliphatic rings. The molecule has 1 aromatic heterocycles. The van der Waals surface area contributed by atoms with E-state index in [2.05, 4.69) is 35.8 Å². The van der Waals surface area contributed by atoms with E-state index in [0.29, 0.717) is 10.9 Å². The van der Waals surface area contributed by atoms with Crippen LogP contribution in [0.4, 0.5) is 0 Å². The van der Waals surface area contributed by atoms with Crippen molar-refractivity contribution in [2.45, 2.75) is 39.0 Å². The fourth-order valence-electron chi connectivity index (χ4n) is 3.05. The molecule has 3 rings (SSSR count). The first-order valence-electron chi connectivity index (χ1n) is 8.68. The normalized spacial score (nSPS) is 12.0. The molecule has 0 atom stereocenters. The second-order valence-electron chi connectivity index (χ2n) is 6.39. The summed E-state index contributed by atoms with van der Waals surface area (Å²) in [5.41, 5.74) is 2.34. The van der Waals surface area contributed by atoms with Crippen molar-refractivity contribution in [2.75, 3.05) is 0 Å². The first-order valence-corrected chi connectivity index (χ1v) is 11.3. The quantitative estimate of drug-likeness (QED) is 0.305. The van der Waals surface area contributed by atoms with Crippen LogP contribution in [0.2, 0.25) is 0 Å². The zero-order valence-corrected chi connectivity index (χ0v) is 16.3. The first-order chi connectivity index (χ1) is 12.4. The van der Waals surface area contributed by atoms with Crippen LogP contribution in [-0.2, 0) is 18.2 Å². The van der Waals surface area contributed by atoms with E-state index >= 15 is 0 Å². The Morgan fingerprint density at radius 1 is 1.08 bits per heavy atom. The Morgan fingerprint density at radius 2 is 1.88 bits per heavy atom. The summed E-state index contributed by atoms with van der Waals surface area (Å²) in [5, 5.41) is 11.6. The molecule has 0 aliphatic carbocycles. The smallest absolute Gasteiger partial charge is 0.375 e. The molecule has 7 heteroatoms. The number of fused-ring (bicyclic) bond motifs is 2. The van der Waals surface area contributed by atoms with Crippen LogP contribution in [0.3, 0.4) is 0 Å². The second-order valence-corrected chi connectivity index (χ2v) is 8.98. The molecule has 0 amide bonds. The molecule has 0 saturated carbocycles. The van der Waals surface area contributed by atoms with E-state index in [-0.39, 0.29) is 11.5 Å². The SMILES string of the molecule is CCCCCCc1ccc2nc3c(OP(O)(O)=S)ccc(O)c3cc2c1. The minimum absolute atomic E-state index is 0.0549. The summed E-state index contributed by atoms with van der Waals surface area (Å²) in [6.07, 6.45) is 5.86. The van der Waals surface area contributed by atoms with Crippen molar-refractivity contribution in [3.8, 4) is 11.5 Å². The lowest BCUT2D eigenvalue weighted by atomic mass is 10.0. The fraction of sp³-hybridized carbons (Fsp3) is 0.316. The second kappa shape index (κ2) is 7.89. The number of aryl methyl sites for hydroxylation is 1. The first kappa shape index (κ1) is 19.1. The Kier molecular flexibility index (Phi) is 5.78. The number of aromatic hydroxyl groups is 1. The summed E-state index contributed by atoms with van der Waals surface area (Å²) in [6, 6.07) is 10.8. The van der Waals surface area contributed by atoms with E-state index in [1.54, 1.807) is 0 Å². The Bertz CT molecular complexity index is 986. The number of unbranched alkanes of at least 4 members (excludes halogenated alkanes) is 3. The van der Waals surface area contributed by atoms with Gasteiger partial charge in [0.25, 0.3) is 0 Å². The number of aromatic nitrogens is 1. The van der Waals surface area contributed by atoms with Crippen LogP contribution in [0.25, 0.3) is 21.8 Å². The lowest BCUT2D eigenvalue weighted by Crippen LogP contribution is -1.94. The van der Waals surface area contributed by atoms with Crippen LogP contribution in [0.5, 0.6) is 11.5 Å². The Balaban J connectivity index is 2.01. The maximum absolute atomic E-state index is 10.2. The zero-order chi connectivity index (χ0) is 18.7. The summed E-state index contributed by atoms with van der Waals surface area (Å²) >= 11 is 4.54. The third kappa shape index (κ3) is 4.51. The van der Waals surface area contributed by atoms with Crippen molar-refractivity contribution in [3.05, 3.63) is 42.0 Å². The van der Waals surface area contributed by atoms with Crippen molar-refractivity contribution in [3.63, 3.8) is 0 Å². The van der Waals surface area contributed by atoms with Gasteiger partial charge in [-0.1, -0.05) is 32.3 Å². The molecular weight excluding hydrogens is 369 g/mol. The topological polar surface area (TPSA) is 82.8 Å². The van der Waals surface area contributed by atoms with Crippen molar-refractivity contribution >= 4 is 40.3 Å². The van der Waals surface area contributed by atoms with Gasteiger partial charge in [-0.2, -0.15) is 0 Å². The molecule has 138 valence electrons. The van der Waals surface area contributed by atoms with Crippen LogP contribution in [0, 0.1) is 0 Å². The van der Waals surface area contributed by atoms with Gasteiger partial charge in [0.2, 0.25) is 0 Å². The molecule has 0 saturated heterocycles. The maximum Gasteiger partial charge on any atom is 0.375 e. The van der Waals surface area contributed by atoms with Crippen LogP contribution < -0.4 is 4.52 Å². The van der Waals surface area contributed by atoms with Gasteiger partial charge in [0.05, 0.1) is 5.52 Å². The van der Waals surface area contributed by atoms with E-state index < -0.39 is 6.72 Å². The highest BCUT2D eigenvalue weighted by Gasteiger charge is 2.16. The van der Waals surface area contributed by atoms with Crippen molar-refractivity contribution in [1.82, 2.24) is 4.98 Å². The molecule has 0 aliphatic heterocycles. The summed E-state index contributed by atoms with van der Waals surface area (Å²) in [4.78, 5) is 23.4. The van der Waals surface area contributed by atoms with E-state index in [0.717, 1.165) is 23.7 Å². The number of hydrogen-bond donors (Lipinski definition) is 3. The van der Waals surface area contributed by atoms with Crippen molar-refractivity contribution in [1.29, 1.82) is 0 Å². The van der Waals surface area contributed by atoms with Crippen molar-refractivity contribution < 1.29 is 19.4 Å². The number of rotatable bonds is 7. The largest absolute Gasteiger partial charge is 0.507 e. The molecule has 5 nitrogen and oxygen atoms in total. The lowest BCUT2D eigenvalue weighted by molar-refractivity contribution is 0.371. The summed E-state index contributed by atoms with van der Waals surface area (Å²) in [6.45, 7) is -1.68. The average Bonchev–Trinajstić information content (AvgIpc) is 2.59. The molecule has 0 fully saturated rings. The molecule has 26 heavy (non-hydrogen) atoms. The predicted octanol–water partition coefficient (Wildman–Crippen LogP) is 4.80.